The number of aromatic nitrogens is 2. The zero-order chi connectivity index (χ0) is 14.2. The van der Waals surface area contributed by atoms with E-state index in [0.29, 0.717) is 17.9 Å². The van der Waals surface area contributed by atoms with Crippen molar-refractivity contribution in [1.29, 1.82) is 0 Å². The summed E-state index contributed by atoms with van der Waals surface area (Å²) in [5, 5.41) is 12.4. The summed E-state index contributed by atoms with van der Waals surface area (Å²) in [6.07, 6.45) is 1.30. The number of halogens is 1. The van der Waals surface area contributed by atoms with Crippen LogP contribution in [-0.4, -0.2) is 27.6 Å². The molecule has 0 aliphatic carbocycles. The van der Waals surface area contributed by atoms with Gasteiger partial charge in [-0.25, -0.2) is 4.98 Å². The van der Waals surface area contributed by atoms with Crippen LogP contribution in [-0.2, 0) is 5.60 Å². The summed E-state index contributed by atoms with van der Waals surface area (Å²) in [5.74, 6) is 0.803. The highest BCUT2D eigenvalue weighted by Crippen LogP contribution is 2.37. The van der Waals surface area contributed by atoms with Crippen LogP contribution < -0.4 is 4.90 Å². The Morgan fingerprint density at radius 1 is 1.30 bits per heavy atom. The standard InChI is InChI=1S/C14H16ClN3OS/c1-10-16-13(20-17-10)18-8-6-14(19,7-9-18)11-4-2-3-5-12(11)15/h2-5,19H,6-9H2,1H3. The summed E-state index contributed by atoms with van der Waals surface area (Å²) in [4.78, 5) is 6.57. The van der Waals surface area contributed by atoms with Gasteiger partial charge in [-0.2, -0.15) is 4.37 Å². The molecule has 1 N–H and O–H groups in total. The van der Waals surface area contributed by atoms with Gasteiger partial charge in [0.25, 0.3) is 0 Å². The first-order valence-corrected chi connectivity index (χ1v) is 7.76. The Kier molecular flexibility index (Phi) is 3.67. The molecule has 0 bridgehead atoms. The Morgan fingerprint density at radius 3 is 2.60 bits per heavy atom. The van der Waals surface area contributed by atoms with Crippen molar-refractivity contribution in [3.63, 3.8) is 0 Å². The van der Waals surface area contributed by atoms with Gasteiger partial charge in [0.2, 0.25) is 5.13 Å². The molecule has 0 atom stereocenters. The van der Waals surface area contributed by atoms with Gasteiger partial charge in [0.05, 0.1) is 5.60 Å². The van der Waals surface area contributed by atoms with Crippen molar-refractivity contribution >= 4 is 28.3 Å². The number of nitrogens with zero attached hydrogens (tertiary/aromatic N) is 3. The average molecular weight is 310 g/mol. The second kappa shape index (κ2) is 5.31. The predicted molar refractivity (Wildman–Crippen MR) is 81.4 cm³/mol. The number of benzene rings is 1. The molecule has 2 heterocycles. The minimum atomic E-state index is -0.839. The SMILES string of the molecule is Cc1nsc(N2CCC(O)(c3ccccc3Cl)CC2)n1. The van der Waals surface area contributed by atoms with Gasteiger partial charge in [0, 0.05) is 35.2 Å². The molecule has 1 aromatic heterocycles. The molecule has 1 saturated heterocycles. The minimum Gasteiger partial charge on any atom is -0.385 e. The van der Waals surface area contributed by atoms with Crippen LogP contribution in [0.25, 0.3) is 0 Å². The Bertz CT molecular complexity index is 608. The first-order chi connectivity index (χ1) is 9.58. The molecule has 20 heavy (non-hydrogen) atoms. The van der Waals surface area contributed by atoms with Gasteiger partial charge in [-0.3, -0.25) is 0 Å². The molecule has 0 amide bonds. The van der Waals surface area contributed by atoms with E-state index in [1.807, 2.05) is 31.2 Å². The fraction of sp³-hybridized carbons (Fsp3) is 0.429. The topological polar surface area (TPSA) is 49.2 Å². The molecule has 1 aliphatic heterocycles. The first kappa shape index (κ1) is 13.8. The Balaban J connectivity index is 1.76. The summed E-state index contributed by atoms with van der Waals surface area (Å²) in [6, 6.07) is 7.54. The van der Waals surface area contributed by atoms with Gasteiger partial charge in [-0.1, -0.05) is 29.8 Å². The molecule has 1 fully saturated rings. The van der Waals surface area contributed by atoms with Crippen LogP contribution in [0.5, 0.6) is 0 Å². The fourth-order valence-corrected chi connectivity index (χ4v) is 3.63. The third kappa shape index (κ3) is 2.53. The normalized spacial score (nSPS) is 18.2. The molecular weight excluding hydrogens is 294 g/mol. The molecule has 0 saturated carbocycles. The lowest BCUT2D eigenvalue weighted by Gasteiger charge is -2.38. The second-order valence-electron chi connectivity index (χ2n) is 5.12. The zero-order valence-electron chi connectivity index (χ0n) is 11.2. The van der Waals surface area contributed by atoms with Crippen LogP contribution in [0.4, 0.5) is 5.13 Å². The van der Waals surface area contributed by atoms with Crippen molar-refractivity contribution in [3.05, 3.63) is 40.7 Å². The molecule has 0 radical (unpaired) electrons. The van der Waals surface area contributed by atoms with Crippen LogP contribution in [0.15, 0.2) is 24.3 Å². The molecule has 4 nitrogen and oxygen atoms in total. The lowest BCUT2D eigenvalue weighted by atomic mass is 9.84. The fourth-order valence-electron chi connectivity index (χ4n) is 2.59. The van der Waals surface area contributed by atoms with Crippen molar-refractivity contribution in [2.75, 3.05) is 18.0 Å². The van der Waals surface area contributed by atoms with Crippen LogP contribution in [0.2, 0.25) is 5.02 Å². The average Bonchev–Trinajstić information content (AvgIpc) is 2.86. The maximum absolute atomic E-state index is 10.8. The number of anilines is 1. The molecule has 0 unspecified atom stereocenters. The van der Waals surface area contributed by atoms with Crippen LogP contribution >= 0.6 is 23.1 Å². The number of hydrogen-bond donors (Lipinski definition) is 1. The number of rotatable bonds is 2. The molecule has 2 aromatic rings. The van der Waals surface area contributed by atoms with E-state index in [0.717, 1.165) is 29.6 Å². The van der Waals surface area contributed by atoms with E-state index >= 15 is 0 Å². The lowest BCUT2D eigenvalue weighted by Crippen LogP contribution is -2.42. The second-order valence-corrected chi connectivity index (χ2v) is 6.26. The molecule has 3 rings (SSSR count). The number of aliphatic hydroxyl groups is 1. The van der Waals surface area contributed by atoms with E-state index in [1.54, 1.807) is 0 Å². The highest BCUT2D eigenvalue weighted by atomic mass is 35.5. The van der Waals surface area contributed by atoms with E-state index in [2.05, 4.69) is 14.3 Å². The molecule has 1 aromatic carbocycles. The van der Waals surface area contributed by atoms with Crippen molar-refractivity contribution in [2.45, 2.75) is 25.4 Å². The van der Waals surface area contributed by atoms with Gasteiger partial charge in [-0.05, 0) is 25.8 Å². The smallest absolute Gasteiger partial charge is 0.205 e. The van der Waals surface area contributed by atoms with Crippen molar-refractivity contribution in [3.8, 4) is 0 Å². The molecular formula is C14H16ClN3OS. The van der Waals surface area contributed by atoms with Gasteiger partial charge >= 0.3 is 0 Å². The summed E-state index contributed by atoms with van der Waals surface area (Å²) in [5.41, 5.74) is -0.0102. The maximum atomic E-state index is 10.8. The van der Waals surface area contributed by atoms with Gasteiger partial charge in [0.15, 0.2) is 0 Å². The molecule has 0 spiro atoms. The first-order valence-electron chi connectivity index (χ1n) is 6.61. The number of piperidine rings is 1. The monoisotopic (exact) mass is 309 g/mol. The maximum Gasteiger partial charge on any atom is 0.205 e. The predicted octanol–water partition coefficient (Wildman–Crippen LogP) is 2.99. The summed E-state index contributed by atoms with van der Waals surface area (Å²) in [7, 11) is 0. The van der Waals surface area contributed by atoms with Gasteiger partial charge in [-0.15, -0.1) is 0 Å². The van der Waals surface area contributed by atoms with Crippen molar-refractivity contribution in [1.82, 2.24) is 9.36 Å². The van der Waals surface area contributed by atoms with E-state index in [-0.39, 0.29) is 0 Å². The van der Waals surface area contributed by atoms with E-state index < -0.39 is 5.60 Å². The highest BCUT2D eigenvalue weighted by molar-refractivity contribution is 7.09. The summed E-state index contributed by atoms with van der Waals surface area (Å²) >= 11 is 7.62. The van der Waals surface area contributed by atoms with Crippen molar-refractivity contribution < 1.29 is 5.11 Å². The highest BCUT2D eigenvalue weighted by Gasteiger charge is 2.36. The molecule has 106 valence electrons. The van der Waals surface area contributed by atoms with Crippen LogP contribution in [0.1, 0.15) is 24.2 Å². The van der Waals surface area contributed by atoms with Gasteiger partial charge in [0.1, 0.15) is 5.82 Å². The number of hydrogen-bond acceptors (Lipinski definition) is 5. The van der Waals surface area contributed by atoms with Crippen LogP contribution in [0, 0.1) is 6.92 Å². The van der Waals surface area contributed by atoms with Crippen molar-refractivity contribution in [2.24, 2.45) is 0 Å². The lowest BCUT2D eigenvalue weighted by molar-refractivity contribution is 0.0119. The third-order valence-corrected chi connectivity index (χ3v) is 4.95. The van der Waals surface area contributed by atoms with Gasteiger partial charge < -0.3 is 10.0 Å². The molecule has 6 heteroatoms. The number of aryl methyl sites for hydroxylation is 1. The third-order valence-electron chi connectivity index (χ3n) is 3.75. The van der Waals surface area contributed by atoms with E-state index in [1.165, 1.54) is 11.5 Å². The summed E-state index contributed by atoms with van der Waals surface area (Å²) < 4.78 is 4.21. The largest absolute Gasteiger partial charge is 0.385 e. The quantitative estimate of drug-likeness (QED) is 0.926. The minimum absolute atomic E-state index is 0.634. The van der Waals surface area contributed by atoms with E-state index in [9.17, 15) is 5.11 Å². The summed E-state index contributed by atoms with van der Waals surface area (Å²) in [6.45, 7) is 3.41. The Labute approximate surface area is 127 Å². The van der Waals surface area contributed by atoms with Crippen LogP contribution in [0.3, 0.4) is 0 Å². The Morgan fingerprint density at radius 2 is 2.00 bits per heavy atom. The molecule has 1 aliphatic rings. The van der Waals surface area contributed by atoms with E-state index in [4.69, 9.17) is 11.6 Å². The zero-order valence-corrected chi connectivity index (χ0v) is 12.8. The Hall–Kier alpha value is -1.17.